The second kappa shape index (κ2) is 10.1. The lowest BCUT2D eigenvalue weighted by Gasteiger charge is -2.14. The van der Waals surface area contributed by atoms with Gasteiger partial charge in [0.1, 0.15) is 6.54 Å². The number of rotatable bonds is 7. The van der Waals surface area contributed by atoms with Crippen molar-refractivity contribution in [2.24, 2.45) is 0 Å². The summed E-state index contributed by atoms with van der Waals surface area (Å²) in [6, 6.07) is 15.6. The Hall–Kier alpha value is -3.03. The van der Waals surface area contributed by atoms with Crippen LogP contribution >= 0.6 is 23.4 Å². The molecule has 34 heavy (non-hydrogen) atoms. The maximum Gasteiger partial charge on any atom is 0.326 e. The van der Waals surface area contributed by atoms with Crippen molar-refractivity contribution in [2.75, 3.05) is 6.54 Å². The quantitative estimate of drug-likeness (QED) is 0.295. The van der Waals surface area contributed by atoms with Crippen LogP contribution in [-0.2, 0) is 20.9 Å². The van der Waals surface area contributed by atoms with Gasteiger partial charge in [0.15, 0.2) is 0 Å². The summed E-state index contributed by atoms with van der Waals surface area (Å²) in [5.74, 6) is -1.08. The zero-order valence-electron chi connectivity index (χ0n) is 19.2. The SMILES string of the molecule is CC[C@H](C)OC(=O)CN1C(=O)S/C(=C\c2c(C)n(Cc3ccccc3Cl)c3ccccc23)C1=O. The summed E-state index contributed by atoms with van der Waals surface area (Å²) >= 11 is 7.24. The lowest BCUT2D eigenvalue weighted by molar-refractivity contribution is -0.150. The highest BCUT2D eigenvalue weighted by Gasteiger charge is 2.37. The number of para-hydroxylation sites is 1. The summed E-state index contributed by atoms with van der Waals surface area (Å²) in [4.78, 5) is 38.9. The molecule has 0 saturated carbocycles. The summed E-state index contributed by atoms with van der Waals surface area (Å²) < 4.78 is 7.38. The minimum absolute atomic E-state index is 0.269. The van der Waals surface area contributed by atoms with Gasteiger partial charge in [-0.25, -0.2) is 0 Å². The minimum atomic E-state index is -0.592. The first-order valence-electron chi connectivity index (χ1n) is 11.1. The molecule has 2 aromatic carbocycles. The Kier molecular flexibility index (Phi) is 7.14. The average molecular weight is 497 g/mol. The fourth-order valence-corrected chi connectivity index (χ4v) is 4.90. The number of benzene rings is 2. The molecule has 1 aliphatic heterocycles. The van der Waals surface area contributed by atoms with Crippen LogP contribution in [0.15, 0.2) is 53.4 Å². The summed E-state index contributed by atoms with van der Waals surface area (Å²) in [5, 5.41) is 1.18. The van der Waals surface area contributed by atoms with Crippen molar-refractivity contribution in [3.05, 3.63) is 75.3 Å². The van der Waals surface area contributed by atoms with Crippen molar-refractivity contribution in [2.45, 2.75) is 39.8 Å². The van der Waals surface area contributed by atoms with Gasteiger partial charge >= 0.3 is 5.97 Å². The van der Waals surface area contributed by atoms with Gasteiger partial charge in [0.05, 0.1) is 11.0 Å². The highest BCUT2D eigenvalue weighted by Crippen LogP contribution is 2.36. The number of nitrogens with zero attached hydrogens (tertiary/aromatic N) is 2. The van der Waals surface area contributed by atoms with Crippen molar-refractivity contribution in [3.8, 4) is 0 Å². The van der Waals surface area contributed by atoms with Crippen LogP contribution in [0.1, 0.15) is 37.1 Å². The molecule has 1 aliphatic rings. The molecule has 0 bridgehead atoms. The molecule has 0 radical (unpaired) electrons. The Morgan fingerprint density at radius 2 is 1.85 bits per heavy atom. The average Bonchev–Trinajstić information content (AvgIpc) is 3.23. The van der Waals surface area contributed by atoms with Crippen LogP contribution in [0.3, 0.4) is 0 Å². The predicted octanol–water partition coefficient (Wildman–Crippen LogP) is 6.03. The zero-order chi connectivity index (χ0) is 24.4. The summed E-state index contributed by atoms with van der Waals surface area (Å²) in [5.41, 5.74) is 3.79. The number of halogens is 1. The Morgan fingerprint density at radius 1 is 1.15 bits per heavy atom. The van der Waals surface area contributed by atoms with Crippen molar-refractivity contribution in [1.82, 2.24) is 9.47 Å². The highest BCUT2D eigenvalue weighted by atomic mass is 35.5. The van der Waals surface area contributed by atoms with Crippen LogP contribution in [0.25, 0.3) is 17.0 Å². The molecule has 2 heterocycles. The molecule has 3 aromatic rings. The second-order valence-electron chi connectivity index (χ2n) is 8.17. The lowest BCUT2D eigenvalue weighted by Crippen LogP contribution is -2.35. The van der Waals surface area contributed by atoms with E-state index in [9.17, 15) is 14.4 Å². The number of esters is 1. The predicted molar refractivity (Wildman–Crippen MR) is 136 cm³/mol. The van der Waals surface area contributed by atoms with E-state index in [0.29, 0.717) is 18.0 Å². The maximum atomic E-state index is 13.0. The highest BCUT2D eigenvalue weighted by molar-refractivity contribution is 8.18. The fraction of sp³-hybridized carbons (Fsp3) is 0.269. The first kappa shape index (κ1) is 24.1. The van der Waals surface area contributed by atoms with Crippen molar-refractivity contribution in [3.63, 3.8) is 0 Å². The standard InChI is InChI=1S/C26H25ClN2O4S/c1-4-16(2)33-24(30)15-29-25(31)23(34-26(29)32)13-20-17(3)28(22-12-8-6-10-19(20)22)14-18-9-5-7-11-21(18)27/h5-13,16H,4,14-15H2,1-3H3/b23-13-/t16-/m0/s1. The van der Waals surface area contributed by atoms with E-state index in [0.717, 1.165) is 44.4 Å². The van der Waals surface area contributed by atoms with E-state index >= 15 is 0 Å². The molecule has 6 nitrogen and oxygen atoms in total. The molecule has 1 aromatic heterocycles. The van der Waals surface area contributed by atoms with Gasteiger partial charge in [0.25, 0.3) is 11.1 Å². The summed E-state index contributed by atoms with van der Waals surface area (Å²) in [7, 11) is 0. The van der Waals surface area contributed by atoms with E-state index in [-0.39, 0.29) is 17.6 Å². The molecule has 8 heteroatoms. The molecule has 2 amide bonds. The van der Waals surface area contributed by atoms with Gasteiger partial charge in [-0.1, -0.05) is 54.9 Å². The first-order chi connectivity index (χ1) is 16.3. The number of amides is 2. The number of fused-ring (bicyclic) bond motifs is 1. The number of hydrogen-bond acceptors (Lipinski definition) is 5. The van der Waals surface area contributed by atoms with Gasteiger partial charge in [-0.05, 0) is 55.8 Å². The van der Waals surface area contributed by atoms with Crippen LogP contribution < -0.4 is 0 Å². The van der Waals surface area contributed by atoms with Gasteiger partial charge in [0.2, 0.25) is 0 Å². The lowest BCUT2D eigenvalue weighted by atomic mass is 10.1. The Balaban J connectivity index is 1.67. The molecule has 176 valence electrons. The molecule has 4 rings (SSSR count). The molecule has 0 N–H and O–H groups in total. The number of carbonyl (C=O) groups excluding carboxylic acids is 3. The topological polar surface area (TPSA) is 68.6 Å². The number of ether oxygens (including phenoxy) is 1. The van der Waals surface area contributed by atoms with E-state index in [2.05, 4.69) is 4.57 Å². The molecule has 1 atom stereocenters. The van der Waals surface area contributed by atoms with E-state index in [1.165, 1.54) is 0 Å². The van der Waals surface area contributed by atoms with Crippen LogP contribution in [0.4, 0.5) is 4.79 Å². The second-order valence-corrected chi connectivity index (χ2v) is 9.57. The van der Waals surface area contributed by atoms with Gasteiger partial charge in [-0.15, -0.1) is 0 Å². The summed E-state index contributed by atoms with van der Waals surface area (Å²) in [6.07, 6.45) is 2.13. The molecule has 0 aliphatic carbocycles. The molecular weight excluding hydrogens is 472 g/mol. The number of carbonyl (C=O) groups is 3. The third-order valence-corrected chi connectivity index (χ3v) is 7.19. The zero-order valence-corrected chi connectivity index (χ0v) is 20.8. The van der Waals surface area contributed by atoms with Crippen LogP contribution in [-0.4, -0.2) is 39.2 Å². The fourth-order valence-electron chi connectivity index (χ4n) is 3.88. The van der Waals surface area contributed by atoms with Crippen molar-refractivity contribution < 1.29 is 19.1 Å². The smallest absolute Gasteiger partial charge is 0.326 e. The van der Waals surface area contributed by atoms with E-state index in [4.69, 9.17) is 16.3 Å². The number of thioether (sulfide) groups is 1. The van der Waals surface area contributed by atoms with Crippen molar-refractivity contribution in [1.29, 1.82) is 0 Å². The maximum absolute atomic E-state index is 13.0. The molecule has 1 fully saturated rings. The molecule has 0 spiro atoms. The molecular formula is C26H25ClN2O4S. The number of hydrogen-bond donors (Lipinski definition) is 0. The minimum Gasteiger partial charge on any atom is -0.461 e. The Morgan fingerprint density at radius 3 is 2.59 bits per heavy atom. The largest absolute Gasteiger partial charge is 0.461 e. The Bertz CT molecular complexity index is 1310. The number of aromatic nitrogens is 1. The third kappa shape index (κ3) is 4.76. The third-order valence-electron chi connectivity index (χ3n) is 5.91. The van der Waals surface area contributed by atoms with Gasteiger partial charge in [-0.2, -0.15) is 0 Å². The monoisotopic (exact) mass is 496 g/mol. The molecule has 1 saturated heterocycles. The first-order valence-corrected chi connectivity index (χ1v) is 12.3. The van der Waals surface area contributed by atoms with Crippen LogP contribution in [0, 0.1) is 6.92 Å². The van der Waals surface area contributed by atoms with Gasteiger partial charge < -0.3 is 9.30 Å². The van der Waals surface area contributed by atoms with Crippen LogP contribution in [0.2, 0.25) is 5.02 Å². The van der Waals surface area contributed by atoms with E-state index < -0.39 is 17.1 Å². The van der Waals surface area contributed by atoms with Crippen molar-refractivity contribution >= 4 is 57.5 Å². The summed E-state index contributed by atoms with van der Waals surface area (Å²) in [6.45, 7) is 5.83. The van der Waals surface area contributed by atoms with Gasteiger partial charge in [0, 0.05) is 33.7 Å². The molecule has 0 unspecified atom stereocenters. The Labute approximate surface area is 207 Å². The van der Waals surface area contributed by atoms with E-state index in [1.54, 1.807) is 13.0 Å². The van der Waals surface area contributed by atoms with E-state index in [1.807, 2.05) is 62.4 Å². The van der Waals surface area contributed by atoms with Crippen LogP contribution in [0.5, 0.6) is 0 Å². The number of imide groups is 1. The van der Waals surface area contributed by atoms with Gasteiger partial charge in [-0.3, -0.25) is 19.3 Å². The normalized spacial score (nSPS) is 16.0.